The van der Waals surface area contributed by atoms with Crippen molar-refractivity contribution in [3.63, 3.8) is 0 Å². The number of hydrogen-bond donors (Lipinski definition) is 1. The molecule has 3 rings (SSSR count). The van der Waals surface area contributed by atoms with E-state index in [9.17, 15) is 9.59 Å². The first-order valence-corrected chi connectivity index (χ1v) is 8.55. The van der Waals surface area contributed by atoms with Gasteiger partial charge >= 0.3 is 5.97 Å². The molecule has 0 spiro atoms. The van der Waals surface area contributed by atoms with E-state index in [1.807, 2.05) is 35.7 Å². The smallest absolute Gasteiger partial charge is 0.323 e. The zero-order chi connectivity index (χ0) is 15.7. The summed E-state index contributed by atoms with van der Waals surface area (Å²) in [5, 5.41) is 11.8. The van der Waals surface area contributed by atoms with Gasteiger partial charge in [0.25, 0.3) is 5.56 Å². The zero-order valence-corrected chi connectivity index (χ0v) is 13.3. The summed E-state index contributed by atoms with van der Waals surface area (Å²) < 4.78 is 1.22. The van der Waals surface area contributed by atoms with Crippen molar-refractivity contribution in [3.8, 4) is 11.1 Å². The summed E-state index contributed by atoms with van der Waals surface area (Å²) in [5.41, 5.74) is 1.41. The number of thioether (sulfide) groups is 1. The highest BCUT2D eigenvalue weighted by Gasteiger charge is 2.17. The number of fused-ring (bicyclic) bond motifs is 1. The van der Waals surface area contributed by atoms with Gasteiger partial charge in [0.2, 0.25) is 0 Å². The predicted molar refractivity (Wildman–Crippen MR) is 88.7 cm³/mol. The van der Waals surface area contributed by atoms with E-state index in [0.717, 1.165) is 11.1 Å². The molecule has 0 fully saturated rings. The third-order valence-electron chi connectivity index (χ3n) is 3.22. The van der Waals surface area contributed by atoms with E-state index in [4.69, 9.17) is 5.11 Å². The van der Waals surface area contributed by atoms with Gasteiger partial charge in [-0.1, -0.05) is 42.1 Å². The maximum Gasteiger partial charge on any atom is 0.323 e. The Balaban J connectivity index is 2.31. The lowest BCUT2D eigenvalue weighted by molar-refractivity contribution is -0.137. The fraction of sp³-hybridized carbons (Fsp3) is 0.133. The molecule has 0 saturated carbocycles. The van der Waals surface area contributed by atoms with Crippen LogP contribution >= 0.6 is 23.1 Å². The Kier molecular flexibility index (Phi) is 4.00. The summed E-state index contributed by atoms with van der Waals surface area (Å²) in [5.74, 6) is -1.06. The SMILES string of the molecule is CSc1nc2scc(-c3ccccc3)c2c(=O)n1CC(=O)O. The molecule has 0 amide bonds. The molecule has 0 aliphatic heterocycles. The van der Waals surface area contributed by atoms with Gasteiger partial charge in [-0.3, -0.25) is 14.2 Å². The van der Waals surface area contributed by atoms with Crippen molar-refractivity contribution in [2.75, 3.05) is 6.26 Å². The van der Waals surface area contributed by atoms with Crippen molar-refractivity contribution in [2.24, 2.45) is 0 Å². The van der Waals surface area contributed by atoms with Gasteiger partial charge in [-0.2, -0.15) is 0 Å². The lowest BCUT2D eigenvalue weighted by atomic mass is 10.1. The first-order valence-electron chi connectivity index (χ1n) is 6.45. The molecule has 0 bridgehead atoms. The Labute approximate surface area is 134 Å². The molecular formula is C15H12N2O3S2. The predicted octanol–water partition coefficient (Wildman–Crippen LogP) is 2.93. The zero-order valence-electron chi connectivity index (χ0n) is 11.6. The van der Waals surface area contributed by atoms with Gasteiger partial charge in [0.1, 0.15) is 11.4 Å². The van der Waals surface area contributed by atoms with Gasteiger partial charge in [0, 0.05) is 10.9 Å². The minimum absolute atomic E-state index is 0.308. The minimum Gasteiger partial charge on any atom is -0.480 e. The molecule has 0 atom stereocenters. The average molecular weight is 332 g/mol. The van der Waals surface area contributed by atoms with Crippen LogP contribution in [0.1, 0.15) is 0 Å². The number of nitrogens with zero attached hydrogens (tertiary/aromatic N) is 2. The lowest BCUT2D eigenvalue weighted by Crippen LogP contribution is -2.26. The van der Waals surface area contributed by atoms with Crippen LogP contribution in [0.5, 0.6) is 0 Å². The van der Waals surface area contributed by atoms with Gasteiger partial charge in [-0.15, -0.1) is 11.3 Å². The molecule has 0 aliphatic carbocycles. The number of carbonyl (C=O) groups is 1. The maximum atomic E-state index is 12.8. The van der Waals surface area contributed by atoms with Crippen LogP contribution in [-0.2, 0) is 11.3 Å². The van der Waals surface area contributed by atoms with Crippen LogP contribution in [0.25, 0.3) is 21.3 Å². The third-order valence-corrected chi connectivity index (χ3v) is 4.77. The first kappa shape index (κ1) is 14.8. The van der Waals surface area contributed by atoms with Crippen molar-refractivity contribution >= 4 is 39.3 Å². The van der Waals surface area contributed by atoms with E-state index in [-0.39, 0.29) is 12.1 Å². The Morgan fingerprint density at radius 1 is 1.36 bits per heavy atom. The van der Waals surface area contributed by atoms with E-state index >= 15 is 0 Å². The fourth-order valence-corrected chi connectivity index (χ4v) is 3.81. The molecule has 1 aromatic carbocycles. The Morgan fingerprint density at radius 3 is 2.73 bits per heavy atom. The molecular weight excluding hydrogens is 320 g/mol. The van der Waals surface area contributed by atoms with E-state index in [1.165, 1.54) is 27.7 Å². The van der Waals surface area contributed by atoms with Crippen molar-refractivity contribution in [3.05, 3.63) is 46.1 Å². The number of aliphatic carboxylic acids is 1. The molecule has 2 aromatic heterocycles. The number of carboxylic acids is 1. The van der Waals surface area contributed by atoms with Crippen molar-refractivity contribution < 1.29 is 9.90 Å². The van der Waals surface area contributed by atoms with Crippen molar-refractivity contribution in [2.45, 2.75) is 11.7 Å². The highest BCUT2D eigenvalue weighted by Crippen LogP contribution is 2.31. The molecule has 112 valence electrons. The monoisotopic (exact) mass is 332 g/mol. The quantitative estimate of drug-likeness (QED) is 0.587. The molecule has 2 heterocycles. The lowest BCUT2D eigenvalue weighted by Gasteiger charge is -2.08. The third kappa shape index (κ3) is 2.53. The van der Waals surface area contributed by atoms with Crippen molar-refractivity contribution in [1.82, 2.24) is 9.55 Å². The maximum absolute atomic E-state index is 12.8. The van der Waals surface area contributed by atoms with Crippen LogP contribution in [0.2, 0.25) is 0 Å². The van der Waals surface area contributed by atoms with Gasteiger partial charge in [-0.05, 0) is 11.8 Å². The molecule has 0 radical (unpaired) electrons. The highest BCUT2D eigenvalue weighted by molar-refractivity contribution is 7.98. The Hall–Kier alpha value is -2.12. The molecule has 0 aliphatic rings. The van der Waals surface area contributed by atoms with Crippen LogP contribution in [0.4, 0.5) is 0 Å². The van der Waals surface area contributed by atoms with Crippen LogP contribution in [-0.4, -0.2) is 26.9 Å². The number of benzene rings is 1. The second kappa shape index (κ2) is 5.94. The van der Waals surface area contributed by atoms with Crippen molar-refractivity contribution in [1.29, 1.82) is 0 Å². The summed E-state index contributed by atoms with van der Waals surface area (Å²) >= 11 is 2.66. The summed E-state index contributed by atoms with van der Waals surface area (Å²) in [6.07, 6.45) is 1.78. The molecule has 1 N–H and O–H groups in total. The number of rotatable bonds is 4. The summed E-state index contributed by atoms with van der Waals surface area (Å²) in [6.45, 7) is -0.387. The van der Waals surface area contributed by atoms with Crippen LogP contribution in [0, 0.1) is 0 Å². The topological polar surface area (TPSA) is 72.2 Å². The Morgan fingerprint density at radius 2 is 2.09 bits per heavy atom. The molecule has 3 aromatic rings. The summed E-state index contributed by atoms with van der Waals surface area (Å²) in [6, 6.07) is 9.55. The van der Waals surface area contributed by atoms with E-state index in [2.05, 4.69) is 4.98 Å². The summed E-state index contributed by atoms with van der Waals surface area (Å²) in [7, 11) is 0. The number of hydrogen-bond acceptors (Lipinski definition) is 5. The average Bonchev–Trinajstić information content (AvgIpc) is 2.94. The first-order chi connectivity index (χ1) is 10.6. The standard InChI is InChI=1S/C15H12N2O3S2/c1-21-15-16-13-12(14(20)17(15)7-11(18)19)10(8-22-13)9-5-3-2-4-6-9/h2-6,8H,7H2,1H3,(H,18,19). The molecule has 0 unspecified atom stereocenters. The van der Waals surface area contributed by atoms with Crippen LogP contribution in [0.15, 0.2) is 45.7 Å². The second-order valence-corrected chi connectivity index (χ2v) is 6.21. The van der Waals surface area contributed by atoms with E-state index < -0.39 is 5.97 Å². The molecule has 7 heteroatoms. The second-order valence-electron chi connectivity index (χ2n) is 4.58. The minimum atomic E-state index is -1.06. The van der Waals surface area contributed by atoms with Gasteiger partial charge in [-0.25, -0.2) is 4.98 Å². The molecule has 5 nitrogen and oxygen atoms in total. The largest absolute Gasteiger partial charge is 0.480 e. The van der Waals surface area contributed by atoms with Crippen LogP contribution < -0.4 is 5.56 Å². The normalized spacial score (nSPS) is 11.0. The van der Waals surface area contributed by atoms with E-state index in [0.29, 0.717) is 15.4 Å². The summed E-state index contributed by atoms with van der Waals surface area (Å²) in [4.78, 5) is 28.8. The van der Waals surface area contributed by atoms with E-state index in [1.54, 1.807) is 6.26 Å². The molecule has 0 saturated heterocycles. The Bertz CT molecular complexity index is 900. The van der Waals surface area contributed by atoms with Gasteiger partial charge < -0.3 is 5.11 Å². The van der Waals surface area contributed by atoms with Gasteiger partial charge in [0.15, 0.2) is 5.16 Å². The highest BCUT2D eigenvalue weighted by atomic mass is 32.2. The number of thiophene rings is 1. The molecule has 22 heavy (non-hydrogen) atoms. The van der Waals surface area contributed by atoms with Gasteiger partial charge in [0.05, 0.1) is 5.39 Å². The number of aromatic nitrogens is 2. The van der Waals surface area contributed by atoms with Crippen LogP contribution in [0.3, 0.4) is 0 Å². The fourth-order valence-electron chi connectivity index (χ4n) is 2.27. The number of carboxylic acid groups (broad SMARTS) is 1.